The van der Waals surface area contributed by atoms with E-state index in [4.69, 9.17) is 10.3 Å². The van der Waals surface area contributed by atoms with Gasteiger partial charge >= 0.3 is 0 Å². The zero-order valence-corrected chi connectivity index (χ0v) is 7.47. The molecule has 0 N–H and O–H groups in total. The summed E-state index contributed by atoms with van der Waals surface area (Å²) >= 11 is 0. The van der Waals surface area contributed by atoms with Crippen molar-refractivity contribution in [3.63, 3.8) is 0 Å². The van der Waals surface area contributed by atoms with Crippen LogP contribution in [0.4, 0.5) is 0 Å². The zero-order valence-electron chi connectivity index (χ0n) is 7.47. The maximum absolute atomic E-state index is 8.13. The van der Waals surface area contributed by atoms with Crippen LogP contribution in [0.15, 0.2) is 29.4 Å². The molecular weight excluding hydrogens is 166 g/mol. The van der Waals surface area contributed by atoms with Crippen molar-refractivity contribution in [3.8, 4) is 5.75 Å². The molecule has 0 aliphatic heterocycles. The van der Waals surface area contributed by atoms with Gasteiger partial charge in [0.25, 0.3) is 0 Å². The Bertz CT molecular complexity index is 318. The van der Waals surface area contributed by atoms with E-state index < -0.39 is 0 Å². The summed E-state index contributed by atoms with van der Waals surface area (Å²) in [5, 5.41) is 3.47. The Morgan fingerprint density at radius 3 is 3.08 bits per heavy atom. The fraction of sp³-hybridized carbons (Fsp3) is 0.333. The van der Waals surface area contributed by atoms with Gasteiger partial charge in [-0.2, -0.15) is 0 Å². The smallest absolute Gasteiger partial charge is 0.119 e. The average molecular weight is 177 g/mol. The van der Waals surface area contributed by atoms with E-state index in [0.29, 0.717) is 13.2 Å². The molecule has 4 nitrogen and oxygen atoms in total. The second-order valence-corrected chi connectivity index (χ2v) is 2.47. The van der Waals surface area contributed by atoms with Crippen molar-refractivity contribution in [2.24, 2.45) is 5.11 Å². The van der Waals surface area contributed by atoms with Gasteiger partial charge in [-0.15, -0.1) is 0 Å². The summed E-state index contributed by atoms with van der Waals surface area (Å²) in [4.78, 5) is 2.69. The highest BCUT2D eigenvalue weighted by molar-refractivity contribution is 5.28. The molecular formula is C9H11N3O. The molecule has 0 radical (unpaired) electrons. The van der Waals surface area contributed by atoms with Crippen LogP contribution >= 0.6 is 0 Å². The third-order valence-electron chi connectivity index (χ3n) is 1.53. The van der Waals surface area contributed by atoms with Crippen LogP contribution in [0.5, 0.6) is 5.75 Å². The SMILES string of the molecule is CCOc1cccc(CN=[N+]=[N-])c1. The predicted molar refractivity (Wildman–Crippen MR) is 50.5 cm³/mol. The largest absolute Gasteiger partial charge is 0.494 e. The molecule has 1 aromatic rings. The third kappa shape index (κ3) is 3.05. The lowest BCUT2D eigenvalue weighted by Crippen LogP contribution is -1.91. The lowest BCUT2D eigenvalue weighted by Gasteiger charge is -2.03. The summed E-state index contributed by atoms with van der Waals surface area (Å²) in [7, 11) is 0. The number of nitrogens with zero attached hydrogens (tertiary/aromatic N) is 3. The molecule has 0 saturated carbocycles. The molecule has 1 rings (SSSR count). The van der Waals surface area contributed by atoms with Crippen LogP contribution in [0.2, 0.25) is 0 Å². The van der Waals surface area contributed by atoms with Gasteiger partial charge in [0.15, 0.2) is 0 Å². The van der Waals surface area contributed by atoms with Gasteiger partial charge in [-0.1, -0.05) is 17.2 Å². The lowest BCUT2D eigenvalue weighted by molar-refractivity contribution is 0.340. The first kappa shape index (κ1) is 9.42. The highest BCUT2D eigenvalue weighted by Gasteiger charge is 1.93. The quantitative estimate of drug-likeness (QED) is 0.396. The first-order valence-corrected chi connectivity index (χ1v) is 4.09. The number of rotatable bonds is 4. The van der Waals surface area contributed by atoms with Crippen molar-refractivity contribution in [2.45, 2.75) is 13.5 Å². The van der Waals surface area contributed by atoms with Crippen LogP contribution in [-0.2, 0) is 6.54 Å². The number of hydrogen-bond acceptors (Lipinski definition) is 2. The van der Waals surface area contributed by atoms with Crippen LogP contribution in [-0.4, -0.2) is 6.61 Å². The minimum atomic E-state index is 0.372. The standard InChI is InChI=1S/C9H11N3O/c1-2-13-9-5-3-4-8(6-9)7-11-12-10/h3-6H,2,7H2,1H3. The van der Waals surface area contributed by atoms with E-state index in [2.05, 4.69) is 10.0 Å². The van der Waals surface area contributed by atoms with Crippen molar-refractivity contribution in [1.82, 2.24) is 0 Å². The normalized spacial score (nSPS) is 9.00. The van der Waals surface area contributed by atoms with Crippen LogP contribution in [0.25, 0.3) is 10.4 Å². The third-order valence-corrected chi connectivity index (χ3v) is 1.53. The van der Waals surface area contributed by atoms with E-state index in [9.17, 15) is 0 Å². The summed E-state index contributed by atoms with van der Waals surface area (Å²) < 4.78 is 5.29. The molecule has 0 unspecified atom stereocenters. The molecule has 13 heavy (non-hydrogen) atoms. The molecule has 0 heterocycles. The Hall–Kier alpha value is -1.67. The molecule has 0 fully saturated rings. The summed E-state index contributed by atoms with van der Waals surface area (Å²) in [6, 6.07) is 7.53. The molecule has 0 spiro atoms. The van der Waals surface area contributed by atoms with E-state index in [1.165, 1.54) is 0 Å². The second-order valence-electron chi connectivity index (χ2n) is 2.47. The Morgan fingerprint density at radius 1 is 1.54 bits per heavy atom. The minimum Gasteiger partial charge on any atom is -0.494 e. The maximum atomic E-state index is 8.13. The highest BCUT2D eigenvalue weighted by atomic mass is 16.5. The molecule has 0 atom stereocenters. The van der Waals surface area contributed by atoms with Gasteiger partial charge in [0, 0.05) is 4.91 Å². The van der Waals surface area contributed by atoms with E-state index in [1.54, 1.807) is 0 Å². The van der Waals surface area contributed by atoms with Crippen molar-refractivity contribution >= 4 is 0 Å². The molecule has 0 aliphatic rings. The monoisotopic (exact) mass is 177 g/mol. The summed E-state index contributed by atoms with van der Waals surface area (Å²) in [6.07, 6.45) is 0. The Balaban J connectivity index is 2.72. The van der Waals surface area contributed by atoms with Crippen LogP contribution in [0.1, 0.15) is 12.5 Å². The predicted octanol–water partition coefficient (Wildman–Crippen LogP) is 2.90. The summed E-state index contributed by atoms with van der Waals surface area (Å²) in [5.74, 6) is 0.813. The first-order chi connectivity index (χ1) is 6.36. The average Bonchev–Trinajstić information content (AvgIpc) is 2.16. The number of ether oxygens (including phenoxy) is 1. The fourth-order valence-electron chi connectivity index (χ4n) is 1.01. The van der Waals surface area contributed by atoms with Crippen LogP contribution in [0, 0.1) is 0 Å². The maximum Gasteiger partial charge on any atom is 0.119 e. The van der Waals surface area contributed by atoms with E-state index in [1.807, 2.05) is 31.2 Å². The molecule has 68 valence electrons. The van der Waals surface area contributed by atoms with Crippen LogP contribution in [0.3, 0.4) is 0 Å². The van der Waals surface area contributed by atoms with E-state index in [-0.39, 0.29) is 0 Å². The second kappa shape index (κ2) is 5.06. The molecule has 4 heteroatoms. The highest BCUT2D eigenvalue weighted by Crippen LogP contribution is 2.13. The first-order valence-electron chi connectivity index (χ1n) is 4.09. The van der Waals surface area contributed by atoms with Crippen molar-refractivity contribution < 1.29 is 4.74 Å². The molecule has 1 aromatic carbocycles. The molecule has 0 aromatic heterocycles. The Kier molecular flexibility index (Phi) is 3.67. The lowest BCUT2D eigenvalue weighted by atomic mass is 10.2. The van der Waals surface area contributed by atoms with Crippen molar-refractivity contribution in [2.75, 3.05) is 6.61 Å². The van der Waals surface area contributed by atoms with E-state index >= 15 is 0 Å². The fourth-order valence-corrected chi connectivity index (χ4v) is 1.01. The Morgan fingerprint density at radius 2 is 2.38 bits per heavy atom. The van der Waals surface area contributed by atoms with Crippen molar-refractivity contribution in [1.29, 1.82) is 0 Å². The molecule has 0 aliphatic carbocycles. The van der Waals surface area contributed by atoms with Crippen molar-refractivity contribution in [3.05, 3.63) is 40.3 Å². The van der Waals surface area contributed by atoms with Gasteiger partial charge < -0.3 is 4.74 Å². The Labute approximate surface area is 76.8 Å². The topological polar surface area (TPSA) is 58.0 Å². The van der Waals surface area contributed by atoms with Gasteiger partial charge in [-0.3, -0.25) is 0 Å². The zero-order chi connectivity index (χ0) is 9.52. The van der Waals surface area contributed by atoms with E-state index in [0.717, 1.165) is 11.3 Å². The molecule has 0 amide bonds. The summed E-state index contributed by atoms with van der Waals surface area (Å²) in [5.41, 5.74) is 9.09. The van der Waals surface area contributed by atoms with Gasteiger partial charge in [0.2, 0.25) is 0 Å². The van der Waals surface area contributed by atoms with Crippen LogP contribution < -0.4 is 4.74 Å². The summed E-state index contributed by atoms with van der Waals surface area (Å²) in [6.45, 7) is 2.95. The number of benzene rings is 1. The molecule has 0 saturated heterocycles. The van der Waals surface area contributed by atoms with Gasteiger partial charge in [0.1, 0.15) is 5.75 Å². The van der Waals surface area contributed by atoms with Gasteiger partial charge in [-0.25, -0.2) is 0 Å². The molecule has 0 bridgehead atoms. The van der Waals surface area contributed by atoms with Gasteiger partial charge in [-0.05, 0) is 30.2 Å². The minimum absolute atomic E-state index is 0.372. The number of azide groups is 1. The number of hydrogen-bond donors (Lipinski definition) is 0. The van der Waals surface area contributed by atoms with Gasteiger partial charge in [0.05, 0.1) is 13.2 Å².